The molecule has 0 spiro atoms. The van der Waals surface area contributed by atoms with E-state index in [1.54, 1.807) is 12.4 Å². The summed E-state index contributed by atoms with van der Waals surface area (Å²) >= 11 is 0. The van der Waals surface area contributed by atoms with Crippen molar-refractivity contribution in [3.05, 3.63) is 59.9 Å². The first-order valence-electron chi connectivity index (χ1n) is 6.39. The van der Waals surface area contributed by atoms with E-state index in [0.717, 1.165) is 12.1 Å². The molecule has 1 aromatic heterocycles. The van der Waals surface area contributed by atoms with Gasteiger partial charge in [0.2, 0.25) is 0 Å². The molecule has 19 heavy (non-hydrogen) atoms. The predicted octanol–water partition coefficient (Wildman–Crippen LogP) is 2.65. The molecule has 0 radical (unpaired) electrons. The van der Waals surface area contributed by atoms with E-state index in [1.807, 2.05) is 12.1 Å². The highest BCUT2D eigenvalue weighted by Crippen LogP contribution is 2.15. The summed E-state index contributed by atoms with van der Waals surface area (Å²) in [6, 6.07) is 12.4. The van der Waals surface area contributed by atoms with Gasteiger partial charge in [0.1, 0.15) is 0 Å². The Kier molecular flexibility index (Phi) is 4.70. The Balaban J connectivity index is 2.05. The summed E-state index contributed by atoms with van der Waals surface area (Å²) < 4.78 is 0. The van der Waals surface area contributed by atoms with Crippen LogP contribution in [0.4, 0.5) is 5.69 Å². The minimum Gasteiger partial charge on any atom is -0.373 e. The summed E-state index contributed by atoms with van der Waals surface area (Å²) in [7, 11) is 2.05. The van der Waals surface area contributed by atoms with Crippen LogP contribution in [0.2, 0.25) is 0 Å². The molecule has 0 aliphatic heterocycles. The second-order valence-electron chi connectivity index (χ2n) is 4.42. The molecule has 0 aliphatic rings. The number of hydrogen-bond donors (Lipinski definition) is 1. The van der Waals surface area contributed by atoms with Crippen LogP contribution in [0.3, 0.4) is 0 Å². The first-order valence-corrected chi connectivity index (χ1v) is 6.39. The number of benzene rings is 1. The van der Waals surface area contributed by atoms with E-state index in [9.17, 15) is 0 Å². The molecule has 0 aliphatic carbocycles. The zero-order valence-electron chi connectivity index (χ0n) is 11.2. The van der Waals surface area contributed by atoms with Crippen molar-refractivity contribution in [1.29, 1.82) is 0 Å². The van der Waals surface area contributed by atoms with Gasteiger partial charge < -0.3 is 10.6 Å². The third kappa shape index (κ3) is 3.93. The molecule has 98 valence electrons. The van der Waals surface area contributed by atoms with Gasteiger partial charge in [-0.1, -0.05) is 24.3 Å². The highest BCUT2D eigenvalue weighted by atomic mass is 15.1. The van der Waals surface area contributed by atoms with Crippen LogP contribution in [0, 0.1) is 0 Å². The van der Waals surface area contributed by atoms with Crippen LogP contribution in [0.15, 0.2) is 48.8 Å². The lowest BCUT2D eigenvalue weighted by Crippen LogP contribution is -2.24. The van der Waals surface area contributed by atoms with E-state index in [1.165, 1.54) is 11.3 Å². The fourth-order valence-electron chi connectivity index (χ4n) is 1.83. The third-order valence-corrected chi connectivity index (χ3v) is 2.97. The number of rotatable bonds is 5. The van der Waals surface area contributed by atoms with E-state index < -0.39 is 0 Å². The Labute approximate surface area is 114 Å². The maximum atomic E-state index is 5.55. The first-order chi connectivity index (χ1) is 9.29. The highest BCUT2D eigenvalue weighted by molar-refractivity contribution is 5.70. The van der Waals surface area contributed by atoms with Crippen molar-refractivity contribution >= 4 is 17.8 Å². The lowest BCUT2D eigenvalue weighted by molar-refractivity contribution is 0.886. The number of nitrogens with two attached hydrogens (primary N) is 1. The molecule has 0 saturated carbocycles. The number of likely N-dealkylation sites (N-methyl/N-ethyl adjacent to an activating group) is 1. The zero-order valence-corrected chi connectivity index (χ0v) is 11.2. The van der Waals surface area contributed by atoms with Crippen LogP contribution in [0.5, 0.6) is 0 Å². The Bertz CT molecular complexity index is 517. The maximum absolute atomic E-state index is 5.55. The number of hydrogen-bond acceptors (Lipinski definition) is 3. The number of anilines is 1. The summed E-state index contributed by atoms with van der Waals surface area (Å²) in [6.45, 7) is 1.53. The molecule has 2 N–H and O–H groups in total. The number of nitrogens with zero attached hydrogens (tertiary/aromatic N) is 2. The van der Waals surface area contributed by atoms with Gasteiger partial charge in [0, 0.05) is 38.2 Å². The van der Waals surface area contributed by atoms with Crippen molar-refractivity contribution in [2.75, 3.05) is 25.0 Å². The molecule has 3 heteroatoms. The molecule has 0 unspecified atom stereocenters. The van der Waals surface area contributed by atoms with E-state index in [4.69, 9.17) is 5.73 Å². The lowest BCUT2D eigenvalue weighted by atomic mass is 10.1. The van der Waals surface area contributed by atoms with Crippen molar-refractivity contribution < 1.29 is 0 Å². The first kappa shape index (κ1) is 13.3. The number of aromatic nitrogens is 1. The average molecular weight is 253 g/mol. The monoisotopic (exact) mass is 253 g/mol. The average Bonchev–Trinajstić information content (AvgIpc) is 2.47. The minimum atomic E-state index is 0.667. The second-order valence-corrected chi connectivity index (χ2v) is 4.42. The Morgan fingerprint density at radius 1 is 1.00 bits per heavy atom. The Morgan fingerprint density at radius 2 is 1.58 bits per heavy atom. The third-order valence-electron chi connectivity index (χ3n) is 2.97. The normalized spacial score (nSPS) is 10.8. The van der Waals surface area contributed by atoms with Gasteiger partial charge in [-0.2, -0.15) is 0 Å². The molecule has 2 rings (SSSR count). The standard InChI is InChI=1S/C16H19N3/c1-19(13-10-17)16-6-4-14(5-7-16)2-3-15-8-11-18-12-9-15/h2-9,11-12H,10,13,17H2,1H3/b3-2+. The van der Waals surface area contributed by atoms with Crippen molar-refractivity contribution in [1.82, 2.24) is 4.98 Å². The molecule has 0 amide bonds. The quantitative estimate of drug-likeness (QED) is 0.890. The van der Waals surface area contributed by atoms with Gasteiger partial charge in [-0.05, 0) is 35.4 Å². The molecule has 0 fully saturated rings. The Morgan fingerprint density at radius 3 is 2.16 bits per heavy atom. The maximum Gasteiger partial charge on any atom is 0.0364 e. The molecule has 1 aromatic carbocycles. The van der Waals surface area contributed by atoms with E-state index in [0.29, 0.717) is 6.54 Å². The summed E-state index contributed by atoms with van der Waals surface area (Å²) in [4.78, 5) is 6.15. The molecule has 2 aromatic rings. The second kappa shape index (κ2) is 6.71. The zero-order chi connectivity index (χ0) is 13.5. The topological polar surface area (TPSA) is 42.1 Å². The lowest BCUT2D eigenvalue weighted by Gasteiger charge is -2.18. The van der Waals surface area contributed by atoms with Crippen LogP contribution in [-0.4, -0.2) is 25.1 Å². The highest BCUT2D eigenvalue weighted by Gasteiger charge is 1.98. The van der Waals surface area contributed by atoms with Crippen LogP contribution in [-0.2, 0) is 0 Å². The van der Waals surface area contributed by atoms with E-state index >= 15 is 0 Å². The predicted molar refractivity (Wildman–Crippen MR) is 81.9 cm³/mol. The summed E-state index contributed by atoms with van der Waals surface area (Å²) in [5.74, 6) is 0. The van der Waals surface area contributed by atoms with Gasteiger partial charge in [0.15, 0.2) is 0 Å². The fourth-order valence-corrected chi connectivity index (χ4v) is 1.83. The van der Waals surface area contributed by atoms with Crippen molar-refractivity contribution in [2.24, 2.45) is 5.73 Å². The summed E-state index contributed by atoms with van der Waals surface area (Å²) in [5.41, 5.74) is 9.07. The molecule has 1 heterocycles. The van der Waals surface area contributed by atoms with Gasteiger partial charge in [0.25, 0.3) is 0 Å². The molecule has 0 saturated heterocycles. The van der Waals surface area contributed by atoms with Crippen LogP contribution >= 0.6 is 0 Å². The smallest absolute Gasteiger partial charge is 0.0364 e. The Hall–Kier alpha value is -2.13. The van der Waals surface area contributed by atoms with Crippen molar-refractivity contribution in [3.63, 3.8) is 0 Å². The van der Waals surface area contributed by atoms with Crippen LogP contribution < -0.4 is 10.6 Å². The van der Waals surface area contributed by atoms with Gasteiger partial charge in [-0.25, -0.2) is 0 Å². The van der Waals surface area contributed by atoms with Crippen molar-refractivity contribution in [3.8, 4) is 0 Å². The van der Waals surface area contributed by atoms with E-state index in [-0.39, 0.29) is 0 Å². The minimum absolute atomic E-state index is 0.667. The van der Waals surface area contributed by atoms with Gasteiger partial charge in [-0.15, -0.1) is 0 Å². The molecular weight excluding hydrogens is 234 g/mol. The SMILES string of the molecule is CN(CCN)c1ccc(/C=C/c2ccncc2)cc1. The molecule has 0 atom stereocenters. The van der Waals surface area contributed by atoms with Gasteiger partial charge in [-0.3, -0.25) is 4.98 Å². The van der Waals surface area contributed by atoms with Crippen LogP contribution in [0.1, 0.15) is 11.1 Å². The van der Waals surface area contributed by atoms with E-state index in [2.05, 4.69) is 53.3 Å². The largest absolute Gasteiger partial charge is 0.373 e. The summed E-state index contributed by atoms with van der Waals surface area (Å²) in [5, 5.41) is 0. The van der Waals surface area contributed by atoms with Crippen molar-refractivity contribution in [2.45, 2.75) is 0 Å². The molecule has 3 nitrogen and oxygen atoms in total. The number of pyridine rings is 1. The van der Waals surface area contributed by atoms with Gasteiger partial charge in [0.05, 0.1) is 0 Å². The van der Waals surface area contributed by atoms with Gasteiger partial charge >= 0.3 is 0 Å². The fraction of sp³-hybridized carbons (Fsp3) is 0.188. The molecular formula is C16H19N3. The summed E-state index contributed by atoms with van der Waals surface area (Å²) in [6.07, 6.45) is 7.78. The molecule has 0 bridgehead atoms. The van der Waals surface area contributed by atoms with Crippen LogP contribution in [0.25, 0.3) is 12.2 Å².